The van der Waals surface area contributed by atoms with Crippen molar-refractivity contribution in [1.29, 1.82) is 0 Å². The van der Waals surface area contributed by atoms with Gasteiger partial charge in [-0.05, 0) is 30.3 Å². The summed E-state index contributed by atoms with van der Waals surface area (Å²) < 4.78 is 0. The number of aromatic nitrogens is 3. The molecule has 0 unspecified atom stereocenters. The Kier molecular flexibility index (Phi) is 5.26. The van der Waals surface area contributed by atoms with Gasteiger partial charge in [-0.15, -0.1) is 0 Å². The molecule has 0 bridgehead atoms. The summed E-state index contributed by atoms with van der Waals surface area (Å²) in [6.45, 7) is 0. The van der Waals surface area contributed by atoms with Gasteiger partial charge in [-0.2, -0.15) is 0 Å². The van der Waals surface area contributed by atoms with Crippen LogP contribution in [0.4, 0.5) is 22.0 Å². The standard InChI is InChI=1S/C20H14Cl2N6O2/c21-14-5-4-12(7-15(14)22)28-20(30)27-11-3-1-2-10(6-11)17(29)13-8-24-19-16(13)18(23)25-9-26-19/h1-9H,(H2,27,28,30)(H3,23,24,25,26). The number of rotatable bonds is 4. The van der Waals surface area contributed by atoms with Crippen molar-refractivity contribution in [1.82, 2.24) is 15.0 Å². The number of nitrogens with zero attached hydrogens (tertiary/aromatic N) is 2. The summed E-state index contributed by atoms with van der Waals surface area (Å²) in [6.07, 6.45) is 2.86. The van der Waals surface area contributed by atoms with Crippen molar-refractivity contribution in [2.45, 2.75) is 0 Å². The second-order valence-electron chi connectivity index (χ2n) is 6.30. The average Bonchev–Trinajstić information content (AvgIpc) is 3.16. The first kappa shape index (κ1) is 19.7. The smallest absolute Gasteiger partial charge is 0.323 e. The fourth-order valence-electron chi connectivity index (χ4n) is 2.93. The van der Waals surface area contributed by atoms with E-state index in [1.807, 2.05) is 0 Å². The second-order valence-corrected chi connectivity index (χ2v) is 7.12. The maximum Gasteiger partial charge on any atom is 0.323 e. The van der Waals surface area contributed by atoms with Crippen LogP contribution in [0.15, 0.2) is 55.0 Å². The molecule has 0 saturated carbocycles. The SMILES string of the molecule is Nc1ncnc2[nH]cc(C(=O)c3cccc(NC(=O)Nc4ccc(Cl)c(Cl)c4)c3)c12. The van der Waals surface area contributed by atoms with Crippen LogP contribution < -0.4 is 16.4 Å². The summed E-state index contributed by atoms with van der Waals surface area (Å²) in [5.74, 6) is -0.0730. The minimum absolute atomic E-state index is 0.208. The van der Waals surface area contributed by atoms with Crippen LogP contribution in [0, 0.1) is 0 Å². The molecule has 2 amide bonds. The van der Waals surface area contributed by atoms with E-state index in [9.17, 15) is 9.59 Å². The molecule has 0 fully saturated rings. The number of carbonyl (C=O) groups is 2. The first-order valence-electron chi connectivity index (χ1n) is 8.68. The number of aromatic amines is 1. The highest BCUT2D eigenvalue weighted by molar-refractivity contribution is 6.42. The van der Waals surface area contributed by atoms with E-state index in [1.165, 1.54) is 18.6 Å². The molecule has 0 atom stereocenters. The Morgan fingerprint density at radius 1 is 0.967 bits per heavy atom. The van der Waals surface area contributed by atoms with Gasteiger partial charge in [0.05, 0.1) is 21.0 Å². The Hall–Kier alpha value is -3.62. The molecular weight excluding hydrogens is 427 g/mol. The van der Waals surface area contributed by atoms with Crippen LogP contribution in [0.3, 0.4) is 0 Å². The Morgan fingerprint density at radius 2 is 1.73 bits per heavy atom. The number of amides is 2. The number of carbonyl (C=O) groups excluding carboxylic acids is 2. The molecule has 10 heteroatoms. The molecule has 0 spiro atoms. The van der Waals surface area contributed by atoms with Crippen LogP contribution in [0.2, 0.25) is 10.0 Å². The Balaban J connectivity index is 1.54. The van der Waals surface area contributed by atoms with Crippen molar-refractivity contribution in [2.24, 2.45) is 0 Å². The number of urea groups is 1. The van der Waals surface area contributed by atoms with Gasteiger partial charge in [0.15, 0.2) is 5.78 Å². The summed E-state index contributed by atoms with van der Waals surface area (Å²) >= 11 is 11.8. The second kappa shape index (κ2) is 8.02. The maximum atomic E-state index is 13.0. The average molecular weight is 441 g/mol. The zero-order valence-corrected chi connectivity index (χ0v) is 16.8. The number of halogens is 2. The lowest BCUT2D eigenvalue weighted by molar-refractivity contribution is 0.104. The van der Waals surface area contributed by atoms with Gasteiger partial charge in [-0.25, -0.2) is 14.8 Å². The van der Waals surface area contributed by atoms with Gasteiger partial charge in [-0.3, -0.25) is 4.79 Å². The summed E-state index contributed by atoms with van der Waals surface area (Å²) in [7, 11) is 0. The molecule has 4 rings (SSSR count). The van der Waals surface area contributed by atoms with Crippen LogP contribution in [-0.4, -0.2) is 26.8 Å². The lowest BCUT2D eigenvalue weighted by Crippen LogP contribution is -2.19. The van der Waals surface area contributed by atoms with Gasteiger partial charge in [0, 0.05) is 23.1 Å². The Bertz CT molecular complexity index is 1290. The van der Waals surface area contributed by atoms with E-state index in [2.05, 4.69) is 25.6 Å². The number of anilines is 3. The lowest BCUT2D eigenvalue weighted by atomic mass is 10.0. The maximum absolute atomic E-state index is 13.0. The molecule has 0 aliphatic heterocycles. The number of hydrogen-bond acceptors (Lipinski definition) is 5. The number of hydrogen-bond donors (Lipinski definition) is 4. The molecule has 30 heavy (non-hydrogen) atoms. The summed E-state index contributed by atoms with van der Waals surface area (Å²) in [5.41, 5.74) is 8.00. The molecule has 0 radical (unpaired) electrons. The molecule has 2 aromatic carbocycles. The predicted molar refractivity (Wildman–Crippen MR) is 117 cm³/mol. The van der Waals surface area contributed by atoms with Crippen molar-refractivity contribution in [3.05, 3.63) is 76.2 Å². The summed E-state index contributed by atoms with van der Waals surface area (Å²) in [6, 6.07) is 10.8. The first-order chi connectivity index (χ1) is 14.4. The van der Waals surface area contributed by atoms with Crippen molar-refractivity contribution < 1.29 is 9.59 Å². The number of ketones is 1. The summed E-state index contributed by atoms with van der Waals surface area (Å²) in [4.78, 5) is 36.2. The highest BCUT2D eigenvalue weighted by atomic mass is 35.5. The molecule has 2 heterocycles. The normalized spacial score (nSPS) is 10.7. The third-order valence-corrected chi connectivity index (χ3v) is 5.04. The molecule has 0 aliphatic rings. The van der Waals surface area contributed by atoms with Gasteiger partial charge in [0.2, 0.25) is 0 Å². The lowest BCUT2D eigenvalue weighted by Gasteiger charge is -2.09. The Morgan fingerprint density at radius 3 is 2.50 bits per heavy atom. The number of nitrogens with one attached hydrogen (secondary N) is 3. The largest absolute Gasteiger partial charge is 0.383 e. The molecule has 8 nitrogen and oxygen atoms in total. The van der Waals surface area contributed by atoms with Gasteiger partial charge in [-0.1, -0.05) is 35.3 Å². The van der Waals surface area contributed by atoms with E-state index in [-0.39, 0.29) is 11.6 Å². The minimum atomic E-state index is -0.497. The van der Waals surface area contributed by atoms with E-state index >= 15 is 0 Å². The predicted octanol–water partition coefficient (Wildman–Crippen LogP) is 4.72. The fourth-order valence-corrected chi connectivity index (χ4v) is 3.23. The molecule has 4 aromatic rings. The van der Waals surface area contributed by atoms with Crippen molar-refractivity contribution >= 4 is 63.2 Å². The third-order valence-electron chi connectivity index (χ3n) is 4.30. The monoisotopic (exact) mass is 440 g/mol. The van der Waals surface area contributed by atoms with Gasteiger partial charge in [0.1, 0.15) is 17.8 Å². The third kappa shape index (κ3) is 3.91. The molecule has 150 valence electrons. The molecule has 5 N–H and O–H groups in total. The van der Waals surface area contributed by atoms with Crippen LogP contribution in [0.5, 0.6) is 0 Å². The number of nitrogens with two attached hydrogens (primary N) is 1. The number of fused-ring (bicyclic) bond motifs is 1. The fraction of sp³-hybridized carbons (Fsp3) is 0. The van der Waals surface area contributed by atoms with Crippen LogP contribution in [-0.2, 0) is 0 Å². The Labute approximate surface area is 180 Å². The van der Waals surface area contributed by atoms with Crippen LogP contribution in [0.1, 0.15) is 15.9 Å². The van der Waals surface area contributed by atoms with Crippen LogP contribution in [0.25, 0.3) is 11.0 Å². The molecule has 0 aliphatic carbocycles. The van der Waals surface area contributed by atoms with Crippen LogP contribution >= 0.6 is 23.2 Å². The topological polar surface area (TPSA) is 126 Å². The zero-order chi connectivity index (χ0) is 21.3. The summed E-state index contributed by atoms with van der Waals surface area (Å²) in [5, 5.41) is 6.49. The highest BCUT2D eigenvalue weighted by Gasteiger charge is 2.18. The molecular formula is C20H14Cl2N6O2. The molecule has 2 aromatic heterocycles. The minimum Gasteiger partial charge on any atom is -0.383 e. The van der Waals surface area contributed by atoms with Crippen molar-refractivity contribution in [2.75, 3.05) is 16.4 Å². The van der Waals surface area contributed by atoms with E-state index in [0.29, 0.717) is 43.6 Å². The number of H-pyrrole nitrogens is 1. The quantitative estimate of drug-likeness (QED) is 0.341. The number of nitrogen functional groups attached to an aromatic ring is 1. The van der Waals surface area contributed by atoms with E-state index in [0.717, 1.165) is 0 Å². The van der Waals surface area contributed by atoms with E-state index in [4.69, 9.17) is 28.9 Å². The van der Waals surface area contributed by atoms with E-state index in [1.54, 1.807) is 36.4 Å². The van der Waals surface area contributed by atoms with Gasteiger partial charge in [0.25, 0.3) is 0 Å². The molecule has 0 saturated heterocycles. The number of benzene rings is 2. The van der Waals surface area contributed by atoms with Crippen molar-refractivity contribution in [3.8, 4) is 0 Å². The highest BCUT2D eigenvalue weighted by Crippen LogP contribution is 2.26. The first-order valence-corrected chi connectivity index (χ1v) is 9.43. The van der Waals surface area contributed by atoms with E-state index < -0.39 is 6.03 Å². The zero-order valence-electron chi connectivity index (χ0n) is 15.2. The van der Waals surface area contributed by atoms with Gasteiger partial charge >= 0.3 is 6.03 Å². The van der Waals surface area contributed by atoms with Crippen molar-refractivity contribution in [3.63, 3.8) is 0 Å². The van der Waals surface area contributed by atoms with Gasteiger partial charge < -0.3 is 21.4 Å².